The fourth-order valence-corrected chi connectivity index (χ4v) is 5.20. The van der Waals surface area contributed by atoms with Crippen molar-refractivity contribution in [3.8, 4) is 17.2 Å². The number of para-hydroxylation sites is 3. The summed E-state index contributed by atoms with van der Waals surface area (Å²) in [5.74, 6) is 1.62. The monoisotopic (exact) mass is 449 g/mol. The zero-order chi connectivity index (χ0) is 21.9. The summed E-state index contributed by atoms with van der Waals surface area (Å²) in [6.07, 6.45) is 4.72. The van der Waals surface area contributed by atoms with Crippen LogP contribution in [0.5, 0.6) is 17.2 Å². The zero-order valence-corrected chi connectivity index (χ0v) is 18.4. The lowest BCUT2D eigenvalue weighted by atomic mass is 9.91. The highest BCUT2D eigenvalue weighted by Gasteiger charge is 2.43. The smallest absolute Gasteiger partial charge is 0.465 e. The Morgan fingerprint density at radius 3 is 1.91 bits per heavy atom. The van der Waals surface area contributed by atoms with Gasteiger partial charge >= 0.3 is 7.82 Å². The third-order valence-corrected chi connectivity index (χ3v) is 6.74. The van der Waals surface area contributed by atoms with Gasteiger partial charge in [-0.2, -0.15) is 4.57 Å². The molecule has 0 amide bonds. The van der Waals surface area contributed by atoms with Crippen LogP contribution in [0.2, 0.25) is 0 Å². The molecule has 0 unspecified atom stereocenters. The average Bonchev–Trinajstić information content (AvgIpc) is 2.80. The molecule has 0 bridgehead atoms. The minimum Gasteiger partial charge on any atom is -0.465 e. The van der Waals surface area contributed by atoms with Crippen LogP contribution in [0.1, 0.15) is 37.7 Å². The Morgan fingerprint density at radius 1 is 0.719 bits per heavy atom. The van der Waals surface area contributed by atoms with Crippen LogP contribution in [0.15, 0.2) is 89.9 Å². The lowest BCUT2D eigenvalue weighted by molar-refractivity contribution is 0.0328. The highest BCUT2D eigenvalue weighted by molar-refractivity contribution is 7.50. The van der Waals surface area contributed by atoms with Crippen molar-refractivity contribution in [1.29, 1.82) is 0 Å². The lowest BCUT2D eigenvalue weighted by Crippen LogP contribution is -2.40. The van der Waals surface area contributed by atoms with Crippen LogP contribution in [-0.2, 0) is 9.09 Å². The van der Waals surface area contributed by atoms with Crippen LogP contribution in [0, 0.1) is 0 Å². The third kappa shape index (κ3) is 4.51. The molecule has 6 nitrogen and oxygen atoms in total. The molecule has 2 aliphatic rings. The molecule has 1 aliphatic heterocycles. The maximum atomic E-state index is 13.9. The molecule has 1 fully saturated rings. The summed E-state index contributed by atoms with van der Waals surface area (Å²) in [6, 6.07) is 25.1. The van der Waals surface area contributed by atoms with E-state index in [1.807, 2.05) is 36.4 Å². The van der Waals surface area contributed by atoms with E-state index in [4.69, 9.17) is 23.3 Å². The van der Waals surface area contributed by atoms with E-state index in [9.17, 15) is 4.57 Å². The molecule has 5 rings (SSSR count). The van der Waals surface area contributed by atoms with E-state index in [1.165, 1.54) is 0 Å². The Balaban J connectivity index is 1.53. The maximum Gasteiger partial charge on any atom is 0.648 e. The fraction of sp³-hybridized carbons (Fsp3) is 0.240. The Labute approximate surface area is 187 Å². The third-order valence-electron chi connectivity index (χ3n) is 5.48. The molecule has 1 aliphatic carbocycles. The lowest BCUT2D eigenvalue weighted by Gasteiger charge is -2.38. The summed E-state index contributed by atoms with van der Waals surface area (Å²) < 4.78 is 37.8. The van der Waals surface area contributed by atoms with Gasteiger partial charge in [-0.15, -0.1) is 0 Å². The van der Waals surface area contributed by atoms with Gasteiger partial charge in [-0.25, -0.2) is 4.99 Å². The van der Waals surface area contributed by atoms with Gasteiger partial charge in [0.15, 0.2) is 0 Å². The second-order valence-electron chi connectivity index (χ2n) is 7.87. The Bertz CT molecular complexity index is 1100. The number of benzene rings is 3. The Hall–Kier alpha value is -3.24. The first-order valence-electron chi connectivity index (χ1n) is 10.8. The van der Waals surface area contributed by atoms with Gasteiger partial charge in [-0.3, -0.25) is 0 Å². The summed E-state index contributed by atoms with van der Waals surface area (Å²) in [6.45, 7) is 0. The van der Waals surface area contributed by atoms with Crippen LogP contribution in [0.3, 0.4) is 0 Å². The van der Waals surface area contributed by atoms with Crippen molar-refractivity contribution in [2.45, 2.75) is 37.8 Å². The molecule has 1 saturated carbocycles. The minimum atomic E-state index is -4.14. The van der Waals surface area contributed by atoms with E-state index < -0.39 is 13.5 Å². The number of rotatable bonds is 5. The van der Waals surface area contributed by atoms with Crippen molar-refractivity contribution in [3.63, 3.8) is 0 Å². The van der Waals surface area contributed by atoms with Crippen molar-refractivity contribution in [3.05, 3.63) is 90.5 Å². The van der Waals surface area contributed by atoms with Gasteiger partial charge in [0, 0.05) is 12.8 Å². The molecule has 0 saturated heterocycles. The fourth-order valence-electron chi connectivity index (χ4n) is 3.98. The quantitative estimate of drug-likeness (QED) is 0.402. The first kappa shape index (κ1) is 20.7. The molecule has 0 N–H and O–H groups in total. The number of ether oxygens (including phenoxy) is 1. The average molecular weight is 449 g/mol. The predicted octanol–water partition coefficient (Wildman–Crippen LogP) is 6.77. The predicted molar refractivity (Wildman–Crippen MR) is 122 cm³/mol. The van der Waals surface area contributed by atoms with Crippen molar-refractivity contribution >= 4 is 13.7 Å². The van der Waals surface area contributed by atoms with Crippen LogP contribution in [0.4, 0.5) is 0 Å². The molecule has 164 valence electrons. The van der Waals surface area contributed by atoms with Crippen LogP contribution in [0.25, 0.3) is 0 Å². The van der Waals surface area contributed by atoms with Crippen LogP contribution < -0.4 is 13.8 Å². The molecule has 3 aromatic rings. The highest BCUT2D eigenvalue weighted by Crippen LogP contribution is 2.52. The van der Waals surface area contributed by atoms with Crippen molar-refractivity contribution in [1.82, 2.24) is 0 Å². The first-order chi connectivity index (χ1) is 15.6. The summed E-state index contributed by atoms with van der Waals surface area (Å²) in [5, 5.41) is 0. The molecular formula is C25H24NO5P. The van der Waals surface area contributed by atoms with Crippen molar-refractivity contribution < 1.29 is 22.9 Å². The Morgan fingerprint density at radius 2 is 1.28 bits per heavy atom. The molecule has 1 spiro atoms. The highest BCUT2D eigenvalue weighted by atomic mass is 31.2. The number of hydrogen-bond acceptors (Lipinski definition) is 6. The van der Waals surface area contributed by atoms with Gasteiger partial charge in [-0.05, 0) is 49.2 Å². The van der Waals surface area contributed by atoms with E-state index in [-0.39, 0.29) is 5.90 Å². The van der Waals surface area contributed by atoms with Gasteiger partial charge in [0.05, 0.1) is 5.56 Å². The van der Waals surface area contributed by atoms with Gasteiger partial charge in [-0.1, -0.05) is 55.0 Å². The van der Waals surface area contributed by atoms with Gasteiger partial charge in [0.1, 0.15) is 17.2 Å². The molecule has 0 radical (unpaired) electrons. The van der Waals surface area contributed by atoms with Crippen molar-refractivity contribution in [2.24, 2.45) is 4.99 Å². The summed E-state index contributed by atoms with van der Waals surface area (Å²) in [4.78, 5) is 4.82. The standard InChI is InChI=1S/C25H24NO5P/c27-32(29-20-12-4-1-5-13-20,30-21-14-6-2-7-15-21)31-24-22-16-8-9-17-23(22)28-25(26-24)18-10-3-11-19-25/h1-2,4-9,12-17H,3,10-11,18-19H2. The number of aliphatic imine (C=N–C) groups is 1. The number of phosphoric ester groups is 1. The summed E-state index contributed by atoms with van der Waals surface area (Å²) >= 11 is 0. The van der Waals surface area contributed by atoms with E-state index in [1.54, 1.807) is 48.5 Å². The number of nitrogens with zero attached hydrogens (tertiary/aromatic N) is 1. The van der Waals surface area contributed by atoms with Gasteiger partial charge in [0.25, 0.3) is 0 Å². The van der Waals surface area contributed by atoms with E-state index in [0.717, 1.165) is 32.1 Å². The van der Waals surface area contributed by atoms with Crippen molar-refractivity contribution in [2.75, 3.05) is 0 Å². The van der Waals surface area contributed by atoms with Crippen LogP contribution in [-0.4, -0.2) is 11.6 Å². The molecule has 0 atom stereocenters. The summed E-state index contributed by atoms with van der Waals surface area (Å²) in [7, 11) is -4.14. The molecule has 0 aromatic heterocycles. The zero-order valence-electron chi connectivity index (χ0n) is 17.6. The first-order valence-corrected chi connectivity index (χ1v) is 12.3. The normalized spacial score (nSPS) is 16.9. The second-order valence-corrected chi connectivity index (χ2v) is 9.31. The number of hydrogen-bond donors (Lipinski definition) is 0. The molecule has 7 heteroatoms. The van der Waals surface area contributed by atoms with Crippen LogP contribution >= 0.6 is 7.82 Å². The van der Waals surface area contributed by atoms with E-state index >= 15 is 0 Å². The summed E-state index contributed by atoms with van der Waals surface area (Å²) in [5.41, 5.74) is -0.0936. The van der Waals surface area contributed by atoms with Gasteiger partial charge in [0.2, 0.25) is 11.6 Å². The second kappa shape index (κ2) is 8.71. The molecule has 1 heterocycles. The SMILES string of the molecule is O=P(OC1=NC2(CCCCC2)Oc2ccccc21)(Oc1ccccc1)Oc1ccccc1. The molecule has 32 heavy (non-hydrogen) atoms. The number of phosphoric acid groups is 1. The molecular weight excluding hydrogens is 425 g/mol. The van der Waals surface area contributed by atoms with E-state index in [2.05, 4.69) is 0 Å². The Kier molecular flexibility index (Phi) is 5.62. The maximum absolute atomic E-state index is 13.9. The van der Waals surface area contributed by atoms with Gasteiger partial charge < -0.3 is 18.3 Å². The number of fused-ring (bicyclic) bond motifs is 1. The molecule has 3 aromatic carbocycles. The van der Waals surface area contributed by atoms with E-state index in [0.29, 0.717) is 22.8 Å². The largest absolute Gasteiger partial charge is 0.648 e. The topological polar surface area (TPSA) is 66.4 Å². The minimum absolute atomic E-state index is 0.212.